The van der Waals surface area contributed by atoms with Crippen molar-refractivity contribution in [2.45, 2.75) is 199 Å². The van der Waals surface area contributed by atoms with E-state index in [1.807, 2.05) is 0 Å². The molecule has 0 bridgehead atoms. The van der Waals surface area contributed by atoms with Gasteiger partial charge in [0.25, 0.3) is 0 Å². The van der Waals surface area contributed by atoms with Gasteiger partial charge in [-0.15, -0.1) is 11.6 Å². The van der Waals surface area contributed by atoms with Crippen LogP contribution in [0.3, 0.4) is 0 Å². The van der Waals surface area contributed by atoms with Gasteiger partial charge in [0.15, 0.2) is 0 Å². The smallest absolute Gasteiger partial charge is 0.104 e. The van der Waals surface area contributed by atoms with Gasteiger partial charge < -0.3 is 0 Å². The number of unbranched alkanes of at least 4 members (excludes halogenated alkanes) is 21. The summed E-state index contributed by atoms with van der Waals surface area (Å²) in [6.07, 6.45) is 36.2. The number of alkyl halides is 1. The van der Waals surface area contributed by atoms with Crippen LogP contribution < -0.4 is 0 Å². The molecule has 3 aromatic carbocycles. The molecule has 0 unspecified atom stereocenters. The zero-order chi connectivity index (χ0) is 35.5. The van der Waals surface area contributed by atoms with Gasteiger partial charge in [0, 0.05) is 0 Å². The number of rotatable bonds is 30. The maximum atomic E-state index is 7.87. The lowest BCUT2D eigenvalue weighted by Gasteiger charge is -2.30. The largest absolute Gasteiger partial charge is 0.119 e. The van der Waals surface area contributed by atoms with Crippen molar-refractivity contribution in [2.24, 2.45) is 0 Å². The summed E-state index contributed by atoms with van der Waals surface area (Å²) in [6, 6.07) is 27.8. The first-order valence-electron chi connectivity index (χ1n) is 21.6. The second-order valence-corrected chi connectivity index (χ2v) is 16.0. The maximum Gasteiger partial charge on any atom is 0.119 e. The van der Waals surface area contributed by atoms with E-state index in [1.54, 1.807) is 0 Å². The second kappa shape index (κ2) is 26.7. The molecule has 3 aromatic rings. The first-order chi connectivity index (χ1) is 24.6. The van der Waals surface area contributed by atoms with Gasteiger partial charge in [-0.3, -0.25) is 0 Å². The van der Waals surface area contributed by atoms with E-state index in [9.17, 15) is 0 Å². The van der Waals surface area contributed by atoms with Gasteiger partial charge in [0.05, 0.1) is 0 Å². The Morgan fingerprint density at radius 1 is 0.300 bits per heavy atom. The highest BCUT2D eigenvalue weighted by Crippen LogP contribution is 2.43. The zero-order valence-corrected chi connectivity index (χ0v) is 33.7. The standard InChI is InChI=1S/C49H75Cl/c1-4-7-10-13-16-19-22-25-28-43-31-37-46(38-32-43)49(50,47-39-33-44(34-40-47)29-26-23-20-17-14-11-8-5-2)48-41-35-45(36-42-48)30-27-24-21-18-15-12-9-6-3/h31-42H,4-30H2,1-3H3. The van der Waals surface area contributed by atoms with Crippen LogP contribution in [0.15, 0.2) is 72.8 Å². The van der Waals surface area contributed by atoms with Crippen molar-refractivity contribution in [3.8, 4) is 0 Å². The Hall–Kier alpha value is -2.05. The monoisotopic (exact) mass is 699 g/mol. The number of aryl methyl sites for hydroxylation is 3. The van der Waals surface area contributed by atoms with Crippen molar-refractivity contribution in [1.29, 1.82) is 0 Å². The fourth-order valence-corrected chi connectivity index (χ4v) is 7.97. The SMILES string of the molecule is CCCCCCCCCCc1ccc(C(Cl)(c2ccc(CCCCCCCCCC)cc2)c2ccc(CCCCCCCCCC)cc2)cc1. The molecule has 0 radical (unpaired) electrons. The Labute approximate surface area is 315 Å². The quantitative estimate of drug-likeness (QED) is 0.0369. The van der Waals surface area contributed by atoms with Gasteiger partial charge in [-0.05, 0) is 71.9 Å². The van der Waals surface area contributed by atoms with Crippen molar-refractivity contribution >= 4 is 11.6 Å². The highest BCUT2D eigenvalue weighted by Gasteiger charge is 2.34. The van der Waals surface area contributed by atoms with Gasteiger partial charge in [0.1, 0.15) is 4.87 Å². The Balaban J connectivity index is 1.63. The van der Waals surface area contributed by atoms with Crippen molar-refractivity contribution in [1.82, 2.24) is 0 Å². The van der Waals surface area contributed by atoms with Crippen molar-refractivity contribution < 1.29 is 0 Å². The molecule has 50 heavy (non-hydrogen) atoms. The molecule has 0 N–H and O–H groups in total. The van der Waals surface area contributed by atoms with Crippen LogP contribution >= 0.6 is 11.6 Å². The predicted octanol–water partition coefficient (Wildman–Crippen LogP) is 16.3. The lowest BCUT2D eigenvalue weighted by Crippen LogP contribution is -2.22. The van der Waals surface area contributed by atoms with E-state index >= 15 is 0 Å². The van der Waals surface area contributed by atoms with E-state index < -0.39 is 4.87 Å². The molecule has 0 amide bonds. The lowest BCUT2D eigenvalue weighted by molar-refractivity contribution is 0.575. The molecular formula is C49H75Cl. The van der Waals surface area contributed by atoms with E-state index in [1.165, 1.54) is 187 Å². The summed E-state index contributed by atoms with van der Waals surface area (Å²) in [5.41, 5.74) is 7.81. The number of hydrogen-bond acceptors (Lipinski definition) is 0. The van der Waals surface area contributed by atoms with Crippen LogP contribution in [0.5, 0.6) is 0 Å². The van der Waals surface area contributed by atoms with Gasteiger partial charge in [-0.1, -0.05) is 228 Å². The van der Waals surface area contributed by atoms with Crippen LogP contribution in [-0.4, -0.2) is 0 Å². The van der Waals surface area contributed by atoms with Crippen LogP contribution in [0.25, 0.3) is 0 Å². The molecule has 0 atom stereocenters. The predicted molar refractivity (Wildman–Crippen MR) is 224 cm³/mol. The molecule has 1 heteroatoms. The van der Waals surface area contributed by atoms with E-state index in [2.05, 4.69) is 93.6 Å². The van der Waals surface area contributed by atoms with Crippen LogP contribution in [0.4, 0.5) is 0 Å². The number of benzene rings is 3. The van der Waals surface area contributed by atoms with Crippen molar-refractivity contribution in [3.05, 3.63) is 106 Å². The third-order valence-corrected chi connectivity index (χ3v) is 11.7. The Morgan fingerprint density at radius 2 is 0.500 bits per heavy atom. The molecule has 0 spiro atoms. The summed E-state index contributed by atoms with van der Waals surface area (Å²) in [7, 11) is 0. The first-order valence-corrected chi connectivity index (χ1v) is 22.0. The Morgan fingerprint density at radius 3 is 0.720 bits per heavy atom. The average molecular weight is 700 g/mol. The summed E-state index contributed by atoms with van der Waals surface area (Å²) < 4.78 is 0. The molecule has 0 fully saturated rings. The Kier molecular flexibility index (Phi) is 22.6. The highest BCUT2D eigenvalue weighted by atomic mass is 35.5. The molecule has 0 saturated carbocycles. The Bertz CT molecular complexity index is 1050. The molecule has 278 valence electrons. The number of halogens is 1. The van der Waals surface area contributed by atoms with Gasteiger partial charge in [0.2, 0.25) is 0 Å². The normalized spacial score (nSPS) is 11.8. The molecule has 0 nitrogen and oxygen atoms in total. The molecule has 3 rings (SSSR count). The van der Waals surface area contributed by atoms with E-state index in [4.69, 9.17) is 11.6 Å². The van der Waals surface area contributed by atoms with Crippen LogP contribution in [0, 0.1) is 0 Å². The molecule has 0 aliphatic carbocycles. The molecule has 0 aliphatic heterocycles. The third kappa shape index (κ3) is 16.1. The maximum absolute atomic E-state index is 7.87. The molecular weight excluding hydrogens is 624 g/mol. The highest BCUT2D eigenvalue weighted by molar-refractivity contribution is 6.28. The van der Waals surface area contributed by atoms with Gasteiger partial charge in [-0.25, -0.2) is 0 Å². The molecule has 0 saturated heterocycles. The minimum atomic E-state index is -0.703. The van der Waals surface area contributed by atoms with Crippen LogP contribution in [0.2, 0.25) is 0 Å². The third-order valence-electron chi connectivity index (χ3n) is 11.0. The van der Waals surface area contributed by atoms with Crippen LogP contribution in [0.1, 0.15) is 208 Å². The zero-order valence-electron chi connectivity index (χ0n) is 32.9. The molecule has 0 aliphatic rings. The van der Waals surface area contributed by atoms with Crippen molar-refractivity contribution in [3.63, 3.8) is 0 Å². The minimum Gasteiger partial charge on any atom is -0.104 e. The molecule has 0 heterocycles. The summed E-state index contributed by atoms with van der Waals surface area (Å²) in [4.78, 5) is -0.703. The van der Waals surface area contributed by atoms with E-state index in [0.717, 1.165) is 19.3 Å². The topological polar surface area (TPSA) is 0 Å². The fraction of sp³-hybridized carbons (Fsp3) is 0.633. The number of hydrogen-bond donors (Lipinski definition) is 0. The summed E-state index contributed by atoms with van der Waals surface area (Å²) in [5, 5.41) is 0. The summed E-state index contributed by atoms with van der Waals surface area (Å²) in [6.45, 7) is 6.89. The second-order valence-electron chi connectivity index (χ2n) is 15.4. The van der Waals surface area contributed by atoms with Gasteiger partial charge in [-0.2, -0.15) is 0 Å². The van der Waals surface area contributed by atoms with Crippen LogP contribution in [-0.2, 0) is 24.1 Å². The average Bonchev–Trinajstić information content (AvgIpc) is 3.15. The summed E-state index contributed by atoms with van der Waals surface area (Å²) in [5.74, 6) is 0. The first kappa shape index (κ1) is 42.4. The minimum absolute atomic E-state index is 0.703. The molecule has 0 aromatic heterocycles. The fourth-order valence-electron chi connectivity index (χ4n) is 7.59. The van der Waals surface area contributed by atoms with Gasteiger partial charge >= 0.3 is 0 Å². The van der Waals surface area contributed by atoms with E-state index in [0.29, 0.717) is 0 Å². The summed E-state index contributed by atoms with van der Waals surface area (Å²) >= 11 is 7.87. The lowest BCUT2D eigenvalue weighted by atomic mass is 9.82. The van der Waals surface area contributed by atoms with E-state index in [-0.39, 0.29) is 0 Å². The van der Waals surface area contributed by atoms with Crippen molar-refractivity contribution in [2.75, 3.05) is 0 Å².